The maximum absolute atomic E-state index is 13.3. The molecule has 1 aromatic heterocycles. The molecule has 0 unspecified atom stereocenters. The number of hydrogen-bond donors (Lipinski definition) is 4. The first-order valence-corrected chi connectivity index (χ1v) is 14.3. The number of amides is 4. The number of carbonyl (C=O) groups excluding carboxylic acids is 4. The number of aromatic nitrogens is 1. The number of nitrogens with zero attached hydrogens (tertiary/aromatic N) is 3. The highest BCUT2D eigenvalue weighted by Crippen LogP contribution is 2.27. The molecule has 0 saturated carbocycles. The predicted molar refractivity (Wildman–Crippen MR) is 137 cm³/mol. The van der Waals surface area contributed by atoms with Crippen LogP contribution in [0.15, 0.2) is 24.3 Å². The number of anilines is 2. The fraction of sp³-hybridized carbons (Fsp3) is 0.409. The van der Waals surface area contributed by atoms with E-state index in [1.54, 1.807) is 29.2 Å². The van der Waals surface area contributed by atoms with Crippen molar-refractivity contribution in [3.8, 4) is 0 Å². The van der Waals surface area contributed by atoms with E-state index in [9.17, 15) is 37.8 Å². The van der Waals surface area contributed by atoms with Crippen molar-refractivity contribution in [1.82, 2.24) is 24.8 Å². The highest BCUT2D eigenvalue weighted by atomic mass is 32.2. The van der Waals surface area contributed by atoms with Gasteiger partial charge < -0.3 is 46.0 Å². The Labute approximate surface area is 228 Å². The molecule has 1 aliphatic heterocycles. The van der Waals surface area contributed by atoms with Crippen LogP contribution in [-0.4, -0.2) is 85.3 Å². The molecule has 2 heterocycles. The number of aryl methyl sites for hydroxylation is 2. The molecule has 212 valence electrons. The summed E-state index contributed by atoms with van der Waals surface area (Å²) in [5.74, 6) is -0.627. The number of thiazole rings is 1. The van der Waals surface area contributed by atoms with Crippen LogP contribution in [0.25, 0.3) is 0 Å². The summed E-state index contributed by atoms with van der Waals surface area (Å²) in [6, 6.07) is 6.66. The number of hydrogen-bond acceptors (Lipinski definition) is 11. The summed E-state index contributed by atoms with van der Waals surface area (Å²) in [6.07, 6.45) is -2.83. The standard InChI is InChI=1S/C22H29N7O8S2/c1-13(30)23-20-25-16(17(38-20)18(31)28-9-11-29(12-10-28)39(2,36)37)8-5-14-3-6-15(7-4-14)24-19(26-21(32)33)27-22(34)35/h3-4,6-7,19,24,26-27H,5,8-12H2,1-2H3,(H,32,33)(H,34,35)(H,23,25,30)/p-2. The number of carboxylic acid groups (broad SMARTS) is 2. The van der Waals surface area contributed by atoms with Gasteiger partial charge in [-0.2, -0.15) is 4.31 Å². The highest BCUT2D eigenvalue weighted by molar-refractivity contribution is 7.88. The Morgan fingerprint density at radius 2 is 1.59 bits per heavy atom. The molecule has 3 rings (SSSR count). The Kier molecular flexibility index (Phi) is 9.66. The summed E-state index contributed by atoms with van der Waals surface area (Å²) in [7, 11) is -3.35. The summed E-state index contributed by atoms with van der Waals surface area (Å²) in [5, 5.41) is 30.7. The Morgan fingerprint density at radius 1 is 1.00 bits per heavy atom. The Morgan fingerprint density at radius 3 is 2.10 bits per heavy atom. The number of carbonyl (C=O) groups is 4. The molecule has 0 radical (unpaired) electrons. The monoisotopic (exact) mass is 581 g/mol. The van der Waals surface area contributed by atoms with Crippen LogP contribution < -0.4 is 31.5 Å². The number of piperazine rings is 1. The molecule has 2 aromatic rings. The van der Waals surface area contributed by atoms with Crippen molar-refractivity contribution in [2.24, 2.45) is 0 Å². The second-order valence-electron chi connectivity index (χ2n) is 8.57. The van der Waals surface area contributed by atoms with Crippen LogP contribution >= 0.6 is 11.3 Å². The fourth-order valence-corrected chi connectivity index (χ4v) is 5.65. The van der Waals surface area contributed by atoms with Gasteiger partial charge in [-0.3, -0.25) is 9.59 Å². The maximum atomic E-state index is 13.3. The molecule has 0 atom stereocenters. The van der Waals surface area contributed by atoms with Gasteiger partial charge in [-0.05, 0) is 30.5 Å². The quantitative estimate of drug-likeness (QED) is 0.230. The van der Waals surface area contributed by atoms with E-state index in [0.717, 1.165) is 23.2 Å². The molecule has 0 spiro atoms. The summed E-state index contributed by atoms with van der Waals surface area (Å²) in [4.78, 5) is 52.7. The molecule has 17 heteroatoms. The van der Waals surface area contributed by atoms with E-state index >= 15 is 0 Å². The van der Waals surface area contributed by atoms with Crippen LogP contribution in [0, 0.1) is 0 Å². The molecule has 0 bridgehead atoms. The van der Waals surface area contributed by atoms with Crippen molar-refractivity contribution in [2.75, 3.05) is 43.1 Å². The van der Waals surface area contributed by atoms with E-state index in [1.807, 2.05) is 10.6 Å². The normalized spacial score (nSPS) is 14.1. The van der Waals surface area contributed by atoms with Crippen LogP contribution in [0.4, 0.5) is 20.4 Å². The third-order valence-electron chi connectivity index (χ3n) is 5.61. The molecule has 1 aromatic carbocycles. The minimum absolute atomic E-state index is 0.190. The zero-order valence-corrected chi connectivity index (χ0v) is 22.7. The minimum atomic E-state index is -3.35. The van der Waals surface area contributed by atoms with Crippen molar-refractivity contribution < 1.29 is 37.8 Å². The predicted octanol–water partition coefficient (Wildman–Crippen LogP) is -1.83. The Hall–Kier alpha value is -3.96. The SMILES string of the molecule is CC(=O)Nc1nc(CCc2ccc(NC(NC(=O)[O-])NC(=O)[O-])cc2)c(C(=O)N2CCN(S(C)(=O)=O)CC2)s1. The van der Waals surface area contributed by atoms with Gasteiger partial charge in [0, 0.05) is 38.8 Å². The zero-order valence-electron chi connectivity index (χ0n) is 21.1. The van der Waals surface area contributed by atoms with E-state index in [2.05, 4.69) is 15.6 Å². The number of rotatable bonds is 10. The highest BCUT2D eigenvalue weighted by Gasteiger charge is 2.29. The molecule has 1 fully saturated rings. The van der Waals surface area contributed by atoms with Crippen LogP contribution in [0.5, 0.6) is 0 Å². The molecule has 4 amide bonds. The summed E-state index contributed by atoms with van der Waals surface area (Å²) in [5.41, 5.74) is 1.72. The Bertz CT molecular complexity index is 1310. The summed E-state index contributed by atoms with van der Waals surface area (Å²) < 4.78 is 24.9. The third kappa shape index (κ3) is 8.79. The van der Waals surface area contributed by atoms with Crippen molar-refractivity contribution in [1.29, 1.82) is 0 Å². The van der Waals surface area contributed by atoms with Crippen LogP contribution in [-0.2, 0) is 27.7 Å². The topological polar surface area (TPSA) is 216 Å². The first-order valence-electron chi connectivity index (χ1n) is 11.6. The lowest BCUT2D eigenvalue weighted by Gasteiger charge is -2.33. The van der Waals surface area contributed by atoms with Crippen molar-refractivity contribution in [3.63, 3.8) is 0 Å². The largest absolute Gasteiger partial charge is 0.530 e. The molecule has 0 aliphatic carbocycles. The second-order valence-corrected chi connectivity index (χ2v) is 11.5. The molecule has 4 N–H and O–H groups in total. The fourth-order valence-electron chi connectivity index (χ4n) is 3.80. The second kappa shape index (κ2) is 12.7. The minimum Gasteiger partial charge on any atom is -0.530 e. The zero-order chi connectivity index (χ0) is 28.7. The summed E-state index contributed by atoms with van der Waals surface area (Å²) >= 11 is 1.05. The summed E-state index contributed by atoms with van der Waals surface area (Å²) in [6.45, 7) is 2.17. The smallest absolute Gasteiger partial charge is 0.266 e. The van der Waals surface area contributed by atoms with E-state index in [0.29, 0.717) is 29.1 Å². The average molecular weight is 582 g/mol. The van der Waals surface area contributed by atoms with Gasteiger partial charge in [0.25, 0.3) is 5.91 Å². The van der Waals surface area contributed by atoms with E-state index in [4.69, 9.17) is 0 Å². The van der Waals surface area contributed by atoms with Gasteiger partial charge in [0.1, 0.15) is 17.1 Å². The molecule has 1 aliphatic rings. The molecule has 1 saturated heterocycles. The molecular weight excluding hydrogens is 554 g/mol. The van der Waals surface area contributed by atoms with Crippen molar-refractivity contribution in [3.05, 3.63) is 40.4 Å². The molecule has 39 heavy (non-hydrogen) atoms. The van der Waals surface area contributed by atoms with Gasteiger partial charge in [-0.25, -0.2) is 13.4 Å². The van der Waals surface area contributed by atoms with Gasteiger partial charge >= 0.3 is 0 Å². The first kappa shape index (κ1) is 29.6. The number of nitrogens with one attached hydrogen (secondary N) is 4. The van der Waals surface area contributed by atoms with Crippen LogP contribution in [0.1, 0.15) is 27.9 Å². The van der Waals surface area contributed by atoms with Gasteiger partial charge in [-0.1, -0.05) is 23.5 Å². The lowest BCUT2D eigenvalue weighted by molar-refractivity contribution is -0.255. The van der Waals surface area contributed by atoms with Crippen molar-refractivity contribution in [2.45, 2.75) is 26.1 Å². The molecular formula is C22H27N7O8S2-2. The lowest BCUT2D eigenvalue weighted by atomic mass is 10.1. The van der Waals surface area contributed by atoms with Gasteiger partial charge in [0.2, 0.25) is 15.9 Å². The Balaban J connectivity index is 1.69. The number of benzene rings is 1. The lowest BCUT2D eigenvalue weighted by Crippen LogP contribution is -2.58. The van der Waals surface area contributed by atoms with E-state index < -0.39 is 28.5 Å². The van der Waals surface area contributed by atoms with Crippen LogP contribution in [0.2, 0.25) is 0 Å². The van der Waals surface area contributed by atoms with Gasteiger partial charge in [0.05, 0.1) is 11.9 Å². The first-order chi connectivity index (χ1) is 18.3. The van der Waals surface area contributed by atoms with Crippen molar-refractivity contribution >= 4 is 56.2 Å². The van der Waals surface area contributed by atoms with Crippen LogP contribution in [0.3, 0.4) is 0 Å². The number of sulfonamides is 1. The van der Waals surface area contributed by atoms with Gasteiger partial charge in [-0.15, -0.1) is 0 Å². The third-order valence-corrected chi connectivity index (χ3v) is 7.91. The maximum Gasteiger partial charge on any atom is 0.266 e. The van der Waals surface area contributed by atoms with E-state index in [-0.39, 0.29) is 43.1 Å². The van der Waals surface area contributed by atoms with Gasteiger partial charge in [0.15, 0.2) is 11.4 Å². The molecule has 15 nitrogen and oxygen atoms in total. The average Bonchev–Trinajstić information content (AvgIpc) is 3.23. The van der Waals surface area contributed by atoms with E-state index in [1.165, 1.54) is 11.2 Å².